The summed E-state index contributed by atoms with van der Waals surface area (Å²) >= 11 is 0. The Morgan fingerprint density at radius 3 is 3.00 bits per heavy atom. The summed E-state index contributed by atoms with van der Waals surface area (Å²) in [7, 11) is 0. The average Bonchev–Trinajstić information content (AvgIpc) is 2.79. The first-order chi connectivity index (χ1) is 8.45. The monoisotopic (exact) mass is 254 g/mol. The van der Waals surface area contributed by atoms with Crippen LogP contribution in [0.5, 0.6) is 0 Å². The Kier molecular flexibility index (Phi) is 3.73. The van der Waals surface area contributed by atoms with Gasteiger partial charge in [0.2, 0.25) is 5.91 Å². The van der Waals surface area contributed by atoms with Gasteiger partial charge in [0.1, 0.15) is 12.1 Å². The van der Waals surface area contributed by atoms with Crippen molar-refractivity contribution in [2.45, 2.75) is 57.2 Å². The smallest absolute Gasteiger partial charge is 0.237 e. The van der Waals surface area contributed by atoms with Crippen LogP contribution in [0, 0.1) is 5.92 Å². The van der Waals surface area contributed by atoms with Gasteiger partial charge in [-0.3, -0.25) is 9.59 Å². The van der Waals surface area contributed by atoms with Crippen LogP contribution in [0.3, 0.4) is 0 Å². The van der Waals surface area contributed by atoms with Gasteiger partial charge in [0.15, 0.2) is 5.78 Å². The van der Waals surface area contributed by atoms with Gasteiger partial charge in [0.25, 0.3) is 0 Å². The molecular weight excluding hydrogens is 232 g/mol. The minimum absolute atomic E-state index is 0.00454. The molecule has 5 heteroatoms. The Morgan fingerprint density at radius 2 is 2.33 bits per heavy atom. The Labute approximate surface area is 107 Å². The molecule has 1 amide bonds. The number of ketones is 1. The fourth-order valence-electron chi connectivity index (χ4n) is 2.96. The normalized spacial score (nSPS) is 32.7. The van der Waals surface area contributed by atoms with Gasteiger partial charge < -0.3 is 15.8 Å². The number of hydrogen-bond acceptors (Lipinski definition) is 4. The van der Waals surface area contributed by atoms with E-state index < -0.39 is 11.6 Å². The highest BCUT2D eigenvalue weighted by atomic mass is 16.5. The summed E-state index contributed by atoms with van der Waals surface area (Å²) in [5, 5.41) is 2.87. The third-order valence-corrected chi connectivity index (χ3v) is 3.91. The van der Waals surface area contributed by atoms with Gasteiger partial charge in [0.05, 0.1) is 12.1 Å². The van der Waals surface area contributed by atoms with E-state index in [1.165, 1.54) is 0 Å². The maximum atomic E-state index is 12.1. The zero-order valence-corrected chi connectivity index (χ0v) is 11.1. The zero-order valence-electron chi connectivity index (χ0n) is 11.1. The van der Waals surface area contributed by atoms with Crippen LogP contribution in [0.25, 0.3) is 0 Å². The van der Waals surface area contributed by atoms with Crippen LogP contribution in [0.1, 0.15) is 39.5 Å². The third-order valence-electron chi connectivity index (χ3n) is 3.91. The number of rotatable bonds is 4. The van der Waals surface area contributed by atoms with Crippen molar-refractivity contribution in [2.75, 3.05) is 6.61 Å². The molecule has 2 rings (SSSR count). The molecule has 3 N–H and O–H groups in total. The molecule has 0 radical (unpaired) electrons. The fourth-order valence-corrected chi connectivity index (χ4v) is 2.96. The van der Waals surface area contributed by atoms with Crippen LogP contribution in [0.15, 0.2) is 0 Å². The van der Waals surface area contributed by atoms with Crippen molar-refractivity contribution in [1.82, 2.24) is 5.32 Å². The molecule has 0 aromatic carbocycles. The van der Waals surface area contributed by atoms with Crippen molar-refractivity contribution < 1.29 is 14.3 Å². The lowest BCUT2D eigenvalue weighted by molar-refractivity contribution is -0.130. The largest absolute Gasteiger partial charge is 0.367 e. The molecule has 3 unspecified atom stereocenters. The SMILES string of the molecule is CC(C)CC(N)C(=O)NC12CCCC1OCC2=O. The van der Waals surface area contributed by atoms with Crippen LogP contribution < -0.4 is 11.1 Å². The van der Waals surface area contributed by atoms with Gasteiger partial charge in [-0.05, 0) is 31.6 Å². The van der Waals surface area contributed by atoms with Crippen LogP contribution in [0.2, 0.25) is 0 Å². The van der Waals surface area contributed by atoms with E-state index in [1.54, 1.807) is 0 Å². The number of Topliss-reactive ketones (excluding diaryl/α,β-unsaturated/α-hetero) is 1. The second-order valence-electron chi connectivity index (χ2n) is 5.81. The molecule has 0 aromatic rings. The van der Waals surface area contributed by atoms with Gasteiger partial charge in [0, 0.05) is 0 Å². The summed E-state index contributed by atoms with van der Waals surface area (Å²) in [6, 6.07) is -0.547. The molecule has 0 bridgehead atoms. The van der Waals surface area contributed by atoms with E-state index in [4.69, 9.17) is 10.5 Å². The number of fused-ring (bicyclic) bond motifs is 1. The Bertz CT molecular complexity index is 356. The van der Waals surface area contributed by atoms with Gasteiger partial charge in [-0.2, -0.15) is 0 Å². The van der Waals surface area contributed by atoms with Crippen LogP contribution in [-0.2, 0) is 14.3 Å². The first kappa shape index (κ1) is 13.5. The first-order valence-corrected chi connectivity index (χ1v) is 6.68. The molecule has 1 aliphatic carbocycles. The summed E-state index contributed by atoms with van der Waals surface area (Å²) in [5.74, 6) is 0.128. The molecule has 102 valence electrons. The number of amides is 1. The van der Waals surface area contributed by atoms with E-state index in [2.05, 4.69) is 5.32 Å². The lowest BCUT2D eigenvalue weighted by Gasteiger charge is -2.29. The molecule has 0 aromatic heterocycles. The van der Waals surface area contributed by atoms with Crippen molar-refractivity contribution in [1.29, 1.82) is 0 Å². The van der Waals surface area contributed by atoms with Crippen molar-refractivity contribution in [3.8, 4) is 0 Å². The Hall–Kier alpha value is -0.940. The summed E-state index contributed by atoms with van der Waals surface area (Å²) < 4.78 is 5.45. The lowest BCUT2D eigenvalue weighted by Crippen LogP contribution is -2.59. The van der Waals surface area contributed by atoms with E-state index in [9.17, 15) is 9.59 Å². The molecule has 3 atom stereocenters. The number of nitrogens with two attached hydrogens (primary N) is 1. The van der Waals surface area contributed by atoms with E-state index >= 15 is 0 Å². The molecule has 1 saturated heterocycles. The maximum absolute atomic E-state index is 12.1. The zero-order chi connectivity index (χ0) is 13.3. The fraction of sp³-hybridized carbons (Fsp3) is 0.846. The third kappa shape index (κ3) is 2.29. The molecule has 18 heavy (non-hydrogen) atoms. The highest BCUT2D eigenvalue weighted by molar-refractivity contribution is 5.97. The van der Waals surface area contributed by atoms with Crippen molar-refractivity contribution in [3.05, 3.63) is 0 Å². The number of nitrogens with one attached hydrogen (secondary N) is 1. The molecule has 0 spiro atoms. The summed E-state index contributed by atoms with van der Waals surface area (Å²) in [6.07, 6.45) is 2.90. The van der Waals surface area contributed by atoms with Crippen LogP contribution in [0.4, 0.5) is 0 Å². The van der Waals surface area contributed by atoms with Gasteiger partial charge >= 0.3 is 0 Å². The molecule has 5 nitrogen and oxygen atoms in total. The van der Waals surface area contributed by atoms with Crippen molar-refractivity contribution in [2.24, 2.45) is 11.7 Å². The van der Waals surface area contributed by atoms with Crippen molar-refractivity contribution >= 4 is 11.7 Å². The minimum Gasteiger partial charge on any atom is -0.367 e. The molecule has 1 heterocycles. The number of carbonyl (C=O) groups is 2. The molecular formula is C13H22N2O3. The second kappa shape index (κ2) is 4.97. The molecule has 1 aliphatic heterocycles. The topological polar surface area (TPSA) is 81.4 Å². The summed E-state index contributed by atoms with van der Waals surface area (Å²) in [5.41, 5.74) is 5.07. The first-order valence-electron chi connectivity index (χ1n) is 6.68. The Balaban J connectivity index is 2.03. The molecule has 1 saturated carbocycles. The van der Waals surface area contributed by atoms with E-state index in [1.807, 2.05) is 13.8 Å². The standard InChI is InChI=1S/C13H22N2O3/c1-8(2)6-9(14)12(17)15-13-5-3-4-11(13)18-7-10(13)16/h8-9,11H,3-7,14H2,1-2H3,(H,15,17). The van der Waals surface area contributed by atoms with Crippen molar-refractivity contribution in [3.63, 3.8) is 0 Å². The predicted octanol–water partition coefficient (Wildman–Crippen LogP) is 0.367. The molecule has 2 fully saturated rings. The van der Waals surface area contributed by atoms with Crippen LogP contribution in [-0.4, -0.2) is 36.0 Å². The number of carbonyl (C=O) groups excluding carboxylic acids is 2. The van der Waals surface area contributed by atoms with E-state index in [0.717, 1.165) is 12.8 Å². The van der Waals surface area contributed by atoms with E-state index in [-0.39, 0.29) is 24.4 Å². The van der Waals surface area contributed by atoms with Gasteiger partial charge in [-0.15, -0.1) is 0 Å². The quantitative estimate of drug-likeness (QED) is 0.759. The van der Waals surface area contributed by atoms with Crippen LogP contribution >= 0.6 is 0 Å². The number of hydrogen-bond donors (Lipinski definition) is 2. The highest BCUT2D eigenvalue weighted by Gasteiger charge is 2.55. The summed E-state index contributed by atoms with van der Waals surface area (Å²) in [4.78, 5) is 24.1. The van der Waals surface area contributed by atoms with Gasteiger partial charge in [-0.1, -0.05) is 13.8 Å². The highest BCUT2D eigenvalue weighted by Crippen LogP contribution is 2.37. The average molecular weight is 254 g/mol. The van der Waals surface area contributed by atoms with Gasteiger partial charge in [-0.25, -0.2) is 0 Å². The minimum atomic E-state index is -0.786. The maximum Gasteiger partial charge on any atom is 0.237 e. The Morgan fingerprint density at radius 1 is 1.61 bits per heavy atom. The summed E-state index contributed by atoms with van der Waals surface area (Å²) in [6.45, 7) is 4.16. The predicted molar refractivity (Wildman–Crippen MR) is 66.9 cm³/mol. The number of ether oxygens (including phenoxy) is 1. The lowest BCUT2D eigenvalue weighted by atomic mass is 9.91. The molecule has 2 aliphatic rings. The second-order valence-corrected chi connectivity index (χ2v) is 5.81. The van der Waals surface area contributed by atoms with E-state index in [0.29, 0.717) is 18.8 Å².